The summed E-state index contributed by atoms with van der Waals surface area (Å²) in [4.78, 5) is 6.33. The van der Waals surface area contributed by atoms with E-state index in [9.17, 15) is 0 Å². The number of thiazole rings is 1. The van der Waals surface area contributed by atoms with Crippen LogP contribution in [0.5, 0.6) is 0 Å². The van der Waals surface area contributed by atoms with Crippen molar-refractivity contribution in [1.29, 1.82) is 0 Å². The maximum absolute atomic E-state index is 5.49. The predicted octanol–water partition coefficient (Wildman–Crippen LogP) is 2.69. The lowest BCUT2D eigenvalue weighted by Crippen LogP contribution is -1.98. The fraction of sp³-hybridized carbons (Fsp3) is 0.750. The van der Waals surface area contributed by atoms with Crippen LogP contribution in [0.3, 0.4) is 0 Å². The summed E-state index contributed by atoms with van der Waals surface area (Å²) >= 11 is 1.95. The Morgan fingerprint density at radius 3 is 2.87 bits per heavy atom. The smallest absolute Gasteiger partial charge is 0.0931 e. The summed E-state index contributed by atoms with van der Waals surface area (Å²) in [5, 5.41) is 1.34. The summed E-state index contributed by atoms with van der Waals surface area (Å²) < 4.78 is 0. The quantitative estimate of drug-likeness (QED) is 0.631. The first-order chi connectivity index (χ1) is 7.40. The van der Waals surface area contributed by atoms with E-state index in [0.717, 1.165) is 19.4 Å². The second-order valence-corrected chi connectivity index (χ2v) is 5.45. The molecule has 0 saturated carbocycles. The third kappa shape index (κ3) is 3.02. The van der Waals surface area contributed by atoms with Crippen LogP contribution in [0.25, 0.3) is 0 Å². The molecule has 3 heteroatoms. The number of nitrogens with zero attached hydrogens (tertiary/aromatic N) is 1. The highest BCUT2D eigenvalue weighted by Crippen LogP contribution is 2.26. The van der Waals surface area contributed by atoms with Crippen molar-refractivity contribution < 1.29 is 0 Å². The van der Waals surface area contributed by atoms with Crippen molar-refractivity contribution in [3.63, 3.8) is 0 Å². The van der Waals surface area contributed by atoms with Gasteiger partial charge in [-0.1, -0.05) is 6.42 Å². The molecule has 0 saturated heterocycles. The minimum absolute atomic E-state index is 0.811. The average Bonchev–Trinajstić information content (AvgIpc) is 2.49. The number of nitrogens with two attached hydrogens (primary N) is 1. The fourth-order valence-electron chi connectivity index (χ4n) is 2.11. The van der Waals surface area contributed by atoms with Gasteiger partial charge >= 0.3 is 0 Å². The molecule has 0 radical (unpaired) electrons. The van der Waals surface area contributed by atoms with Gasteiger partial charge in [0, 0.05) is 4.88 Å². The lowest BCUT2D eigenvalue weighted by atomic mass is 10.2. The van der Waals surface area contributed by atoms with Crippen molar-refractivity contribution in [3.8, 4) is 0 Å². The van der Waals surface area contributed by atoms with Crippen LogP contribution in [0, 0.1) is 0 Å². The Morgan fingerprint density at radius 1 is 1.13 bits per heavy atom. The summed E-state index contributed by atoms with van der Waals surface area (Å²) in [6.45, 7) is 0.811. The molecule has 0 unspecified atom stereocenters. The van der Waals surface area contributed by atoms with Gasteiger partial charge in [0.05, 0.1) is 10.7 Å². The normalized spacial score (nSPS) is 16.1. The molecule has 0 atom stereocenters. The topological polar surface area (TPSA) is 38.9 Å². The van der Waals surface area contributed by atoms with E-state index >= 15 is 0 Å². The molecule has 1 aromatic rings. The van der Waals surface area contributed by atoms with E-state index < -0.39 is 0 Å². The zero-order chi connectivity index (χ0) is 10.5. The zero-order valence-electron chi connectivity index (χ0n) is 9.30. The van der Waals surface area contributed by atoms with E-state index in [1.807, 2.05) is 11.3 Å². The van der Waals surface area contributed by atoms with Crippen molar-refractivity contribution in [3.05, 3.63) is 15.6 Å². The monoisotopic (exact) mass is 224 g/mol. The summed E-state index contributed by atoms with van der Waals surface area (Å²) in [6.07, 6.45) is 10.0. The number of rotatable bonds is 4. The SMILES string of the molecule is NCCCCc1nc2c(s1)CCCCC2. The summed E-state index contributed by atoms with van der Waals surface area (Å²) in [6, 6.07) is 0. The van der Waals surface area contributed by atoms with Crippen molar-refractivity contribution in [2.24, 2.45) is 5.73 Å². The molecule has 1 aromatic heterocycles. The standard InChI is InChI=1S/C12H20N2S/c13-9-5-4-8-12-14-10-6-2-1-3-7-11(10)15-12/h1-9,13H2. The molecule has 0 bridgehead atoms. The molecule has 0 spiro atoms. The van der Waals surface area contributed by atoms with Gasteiger partial charge in [-0.15, -0.1) is 11.3 Å². The number of unbranched alkanes of at least 4 members (excludes halogenated alkanes) is 1. The zero-order valence-corrected chi connectivity index (χ0v) is 10.1. The Morgan fingerprint density at radius 2 is 2.00 bits per heavy atom. The van der Waals surface area contributed by atoms with Crippen LogP contribution in [0.1, 0.15) is 47.7 Å². The van der Waals surface area contributed by atoms with Gasteiger partial charge in [0.2, 0.25) is 0 Å². The molecule has 1 aliphatic carbocycles. The number of fused-ring (bicyclic) bond motifs is 1. The molecule has 2 nitrogen and oxygen atoms in total. The number of aryl methyl sites for hydroxylation is 3. The van der Waals surface area contributed by atoms with Crippen LogP contribution in [0.2, 0.25) is 0 Å². The number of hydrogen-bond donors (Lipinski definition) is 1. The molecule has 15 heavy (non-hydrogen) atoms. The summed E-state index contributed by atoms with van der Waals surface area (Å²) in [5.41, 5.74) is 6.90. The maximum Gasteiger partial charge on any atom is 0.0931 e. The molecule has 1 aliphatic rings. The van der Waals surface area contributed by atoms with Crippen LogP contribution >= 0.6 is 11.3 Å². The summed E-state index contributed by atoms with van der Waals surface area (Å²) in [7, 11) is 0. The van der Waals surface area contributed by atoms with Crippen LogP contribution < -0.4 is 5.73 Å². The maximum atomic E-state index is 5.49. The van der Waals surface area contributed by atoms with E-state index in [1.54, 1.807) is 4.88 Å². The molecular weight excluding hydrogens is 204 g/mol. The van der Waals surface area contributed by atoms with Crippen molar-refractivity contribution in [2.45, 2.75) is 51.4 Å². The third-order valence-electron chi connectivity index (χ3n) is 2.98. The highest BCUT2D eigenvalue weighted by Gasteiger charge is 2.13. The summed E-state index contributed by atoms with van der Waals surface area (Å²) in [5.74, 6) is 0. The highest BCUT2D eigenvalue weighted by atomic mass is 32.1. The number of aromatic nitrogens is 1. The van der Waals surface area contributed by atoms with Crippen molar-refractivity contribution in [1.82, 2.24) is 4.98 Å². The molecule has 0 aliphatic heterocycles. The van der Waals surface area contributed by atoms with Gasteiger partial charge in [-0.2, -0.15) is 0 Å². The first kappa shape index (κ1) is 11.1. The van der Waals surface area contributed by atoms with E-state index in [2.05, 4.69) is 0 Å². The largest absolute Gasteiger partial charge is 0.330 e. The van der Waals surface area contributed by atoms with Crippen LogP contribution in [-0.4, -0.2) is 11.5 Å². The van der Waals surface area contributed by atoms with Crippen LogP contribution in [0.4, 0.5) is 0 Å². The molecule has 0 amide bonds. The Kier molecular flexibility index (Phi) is 4.15. The minimum Gasteiger partial charge on any atom is -0.330 e. The van der Waals surface area contributed by atoms with Gasteiger partial charge in [-0.3, -0.25) is 0 Å². The molecule has 2 N–H and O–H groups in total. The molecule has 84 valence electrons. The van der Waals surface area contributed by atoms with Gasteiger partial charge in [0.1, 0.15) is 0 Å². The second kappa shape index (κ2) is 5.61. The van der Waals surface area contributed by atoms with Gasteiger partial charge in [-0.25, -0.2) is 4.98 Å². The van der Waals surface area contributed by atoms with Crippen LogP contribution in [-0.2, 0) is 19.3 Å². The fourth-order valence-corrected chi connectivity index (χ4v) is 3.31. The first-order valence-corrected chi connectivity index (χ1v) is 6.89. The Balaban J connectivity index is 1.96. The predicted molar refractivity (Wildman–Crippen MR) is 65.4 cm³/mol. The molecule has 2 rings (SSSR count). The molecule has 0 fully saturated rings. The average molecular weight is 224 g/mol. The first-order valence-electron chi connectivity index (χ1n) is 6.07. The van der Waals surface area contributed by atoms with Gasteiger partial charge in [-0.05, 0) is 51.5 Å². The van der Waals surface area contributed by atoms with Gasteiger partial charge < -0.3 is 5.73 Å². The lowest BCUT2D eigenvalue weighted by molar-refractivity contribution is 0.704. The Bertz CT molecular complexity index is 283. The van der Waals surface area contributed by atoms with Crippen LogP contribution in [0.15, 0.2) is 0 Å². The van der Waals surface area contributed by atoms with Crippen molar-refractivity contribution in [2.75, 3.05) is 6.54 Å². The molecule has 1 heterocycles. The van der Waals surface area contributed by atoms with E-state index in [0.29, 0.717) is 0 Å². The van der Waals surface area contributed by atoms with Gasteiger partial charge in [0.25, 0.3) is 0 Å². The second-order valence-electron chi connectivity index (χ2n) is 4.28. The Hall–Kier alpha value is -0.410. The van der Waals surface area contributed by atoms with Crippen molar-refractivity contribution >= 4 is 11.3 Å². The Labute approximate surface area is 95.9 Å². The van der Waals surface area contributed by atoms with Gasteiger partial charge in [0.15, 0.2) is 0 Å². The third-order valence-corrected chi connectivity index (χ3v) is 4.20. The highest BCUT2D eigenvalue weighted by molar-refractivity contribution is 7.11. The minimum atomic E-state index is 0.811. The molecule has 0 aromatic carbocycles. The lowest BCUT2D eigenvalue weighted by Gasteiger charge is -1.95. The van der Waals surface area contributed by atoms with E-state index in [1.165, 1.54) is 49.2 Å². The molecular formula is C12H20N2S. The van der Waals surface area contributed by atoms with E-state index in [4.69, 9.17) is 10.7 Å². The number of hydrogen-bond acceptors (Lipinski definition) is 3. The van der Waals surface area contributed by atoms with E-state index in [-0.39, 0.29) is 0 Å².